The number of hydrogen-bond donors (Lipinski definition) is 0. The van der Waals surface area contributed by atoms with Gasteiger partial charge < -0.3 is 14.2 Å². The molecule has 1 aliphatic heterocycles. The van der Waals surface area contributed by atoms with Gasteiger partial charge in [0, 0.05) is 12.2 Å². The monoisotopic (exact) mass is 228 g/mol. The summed E-state index contributed by atoms with van der Waals surface area (Å²) in [4.78, 5) is 11.0. The lowest BCUT2D eigenvalue weighted by molar-refractivity contribution is -0.136. The molecule has 4 nitrogen and oxygen atoms in total. The van der Waals surface area contributed by atoms with Gasteiger partial charge in [-0.25, -0.2) is 4.79 Å². The molecular formula is C12H20O4. The average Bonchev–Trinajstić information content (AvgIpc) is 2.34. The molecule has 0 saturated carbocycles. The van der Waals surface area contributed by atoms with Crippen molar-refractivity contribution in [1.29, 1.82) is 0 Å². The van der Waals surface area contributed by atoms with E-state index in [1.807, 2.05) is 0 Å². The predicted molar refractivity (Wildman–Crippen MR) is 60.2 cm³/mol. The second kappa shape index (κ2) is 7.41. The van der Waals surface area contributed by atoms with Crippen molar-refractivity contribution in [2.24, 2.45) is 0 Å². The van der Waals surface area contributed by atoms with Gasteiger partial charge in [-0.1, -0.05) is 0 Å². The fourth-order valence-electron chi connectivity index (χ4n) is 1.57. The molecule has 1 atom stereocenters. The zero-order valence-electron chi connectivity index (χ0n) is 10.0. The maximum atomic E-state index is 11.0. The summed E-state index contributed by atoms with van der Waals surface area (Å²) in [6.07, 6.45) is 5.39. The molecule has 0 amide bonds. The van der Waals surface area contributed by atoms with Crippen molar-refractivity contribution in [2.75, 3.05) is 26.9 Å². The van der Waals surface area contributed by atoms with Gasteiger partial charge in [-0.2, -0.15) is 0 Å². The fourth-order valence-corrected chi connectivity index (χ4v) is 1.57. The minimum Gasteiger partial charge on any atom is -0.466 e. The van der Waals surface area contributed by atoms with Crippen LogP contribution in [0.1, 0.15) is 26.2 Å². The van der Waals surface area contributed by atoms with Crippen LogP contribution in [0.15, 0.2) is 11.6 Å². The van der Waals surface area contributed by atoms with Gasteiger partial charge in [-0.05, 0) is 32.3 Å². The van der Waals surface area contributed by atoms with Crippen LogP contribution in [0.25, 0.3) is 0 Å². The van der Waals surface area contributed by atoms with Crippen molar-refractivity contribution in [1.82, 2.24) is 0 Å². The van der Waals surface area contributed by atoms with Gasteiger partial charge in [0.25, 0.3) is 0 Å². The van der Waals surface area contributed by atoms with Crippen molar-refractivity contribution in [3.05, 3.63) is 11.6 Å². The van der Waals surface area contributed by atoms with Crippen LogP contribution in [-0.2, 0) is 19.0 Å². The lowest BCUT2D eigenvalue weighted by Gasteiger charge is -2.21. The molecule has 0 radical (unpaired) electrons. The summed E-state index contributed by atoms with van der Waals surface area (Å²) in [5.41, 5.74) is 0.576. The largest absolute Gasteiger partial charge is 0.466 e. The van der Waals surface area contributed by atoms with E-state index in [9.17, 15) is 4.79 Å². The summed E-state index contributed by atoms with van der Waals surface area (Å²) in [6.45, 7) is 3.59. The van der Waals surface area contributed by atoms with Crippen LogP contribution in [0.3, 0.4) is 0 Å². The lowest BCUT2D eigenvalue weighted by Crippen LogP contribution is -2.24. The summed E-state index contributed by atoms with van der Waals surface area (Å²) in [5, 5.41) is 0. The van der Waals surface area contributed by atoms with Gasteiger partial charge in [-0.3, -0.25) is 0 Å². The highest BCUT2D eigenvalue weighted by Crippen LogP contribution is 2.12. The molecule has 0 aromatic carbocycles. The number of hydrogen-bond acceptors (Lipinski definition) is 4. The molecule has 92 valence electrons. The summed E-state index contributed by atoms with van der Waals surface area (Å²) in [7, 11) is 1.37. The van der Waals surface area contributed by atoms with E-state index in [0.717, 1.165) is 19.4 Å². The Hall–Kier alpha value is -0.870. The highest BCUT2D eigenvalue weighted by Gasteiger charge is 2.13. The van der Waals surface area contributed by atoms with Crippen LogP contribution < -0.4 is 0 Å². The first-order valence-corrected chi connectivity index (χ1v) is 5.68. The van der Waals surface area contributed by atoms with E-state index in [2.05, 4.69) is 4.74 Å². The topological polar surface area (TPSA) is 44.8 Å². The van der Waals surface area contributed by atoms with Crippen LogP contribution in [0, 0.1) is 0 Å². The molecule has 1 unspecified atom stereocenters. The van der Waals surface area contributed by atoms with E-state index in [4.69, 9.17) is 9.47 Å². The molecule has 0 aromatic heterocycles. The summed E-state index contributed by atoms with van der Waals surface area (Å²) >= 11 is 0. The number of carbonyl (C=O) groups excluding carboxylic acids is 1. The molecule has 16 heavy (non-hydrogen) atoms. The molecular weight excluding hydrogens is 208 g/mol. The van der Waals surface area contributed by atoms with Crippen molar-refractivity contribution >= 4 is 5.97 Å². The van der Waals surface area contributed by atoms with Crippen LogP contribution in [0.2, 0.25) is 0 Å². The van der Waals surface area contributed by atoms with Gasteiger partial charge in [0.2, 0.25) is 0 Å². The molecule has 0 spiro atoms. The maximum Gasteiger partial charge on any atom is 0.333 e. The molecule has 0 aliphatic carbocycles. The van der Waals surface area contributed by atoms with Crippen LogP contribution in [-0.4, -0.2) is 39.0 Å². The first-order chi connectivity index (χ1) is 7.74. The number of esters is 1. The minimum absolute atomic E-state index is 0.223. The normalized spacial score (nSPS) is 21.9. The summed E-state index contributed by atoms with van der Waals surface area (Å²) < 4.78 is 15.5. The molecule has 1 saturated heterocycles. The molecule has 0 N–H and O–H groups in total. The Kier molecular flexibility index (Phi) is 6.11. The number of ether oxygens (including phenoxy) is 3. The second-order valence-electron chi connectivity index (χ2n) is 3.90. The van der Waals surface area contributed by atoms with E-state index in [1.165, 1.54) is 13.5 Å². The third kappa shape index (κ3) is 4.77. The quantitative estimate of drug-likeness (QED) is 0.408. The number of rotatable bonds is 5. The zero-order chi connectivity index (χ0) is 11.8. The van der Waals surface area contributed by atoms with Crippen molar-refractivity contribution in [2.45, 2.75) is 32.3 Å². The third-order valence-corrected chi connectivity index (χ3v) is 2.59. The molecule has 1 rings (SSSR count). The molecule has 0 aromatic rings. The zero-order valence-corrected chi connectivity index (χ0v) is 10.0. The Morgan fingerprint density at radius 2 is 2.31 bits per heavy atom. The Morgan fingerprint density at radius 1 is 1.50 bits per heavy atom. The molecule has 4 heteroatoms. The first kappa shape index (κ1) is 13.2. The van der Waals surface area contributed by atoms with E-state index >= 15 is 0 Å². The Labute approximate surface area is 96.6 Å². The minimum atomic E-state index is -0.308. The number of carbonyl (C=O) groups is 1. The number of methoxy groups -OCH3 is 1. The third-order valence-electron chi connectivity index (χ3n) is 2.59. The Bertz CT molecular complexity index is 241. The van der Waals surface area contributed by atoms with Crippen molar-refractivity contribution in [3.63, 3.8) is 0 Å². The lowest BCUT2D eigenvalue weighted by atomic mass is 10.1. The van der Waals surface area contributed by atoms with Gasteiger partial charge in [0.15, 0.2) is 0 Å². The fraction of sp³-hybridized carbons (Fsp3) is 0.750. The van der Waals surface area contributed by atoms with Gasteiger partial charge >= 0.3 is 5.97 Å². The van der Waals surface area contributed by atoms with Crippen molar-refractivity contribution < 1.29 is 19.0 Å². The van der Waals surface area contributed by atoms with Gasteiger partial charge in [-0.15, -0.1) is 0 Å². The average molecular weight is 228 g/mol. The van der Waals surface area contributed by atoms with E-state index in [1.54, 1.807) is 13.0 Å². The Balaban J connectivity index is 2.12. The standard InChI is InChI=1S/C12H20O4/c1-10(12(13)14-2)6-8-15-9-11-5-3-4-7-16-11/h6,11H,3-5,7-9H2,1-2H3. The van der Waals surface area contributed by atoms with Gasteiger partial charge in [0.05, 0.1) is 26.4 Å². The highest BCUT2D eigenvalue weighted by molar-refractivity contribution is 5.87. The van der Waals surface area contributed by atoms with Crippen LogP contribution in [0.4, 0.5) is 0 Å². The summed E-state index contributed by atoms with van der Waals surface area (Å²) in [6, 6.07) is 0. The molecule has 1 heterocycles. The van der Waals surface area contributed by atoms with Crippen LogP contribution >= 0.6 is 0 Å². The molecule has 1 fully saturated rings. The smallest absolute Gasteiger partial charge is 0.333 e. The first-order valence-electron chi connectivity index (χ1n) is 5.68. The maximum absolute atomic E-state index is 11.0. The molecule has 0 bridgehead atoms. The van der Waals surface area contributed by atoms with E-state index < -0.39 is 0 Å². The van der Waals surface area contributed by atoms with E-state index in [0.29, 0.717) is 18.8 Å². The summed E-state index contributed by atoms with van der Waals surface area (Å²) in [5.74, 6) is -0.308. The van der Waals surface area contributed by atoms with E-state index in [-0.39, 0.29) is 12.1 Å². The predicted octanol–water partition coefficient (Wildman–Crippen LogP) is 1.69. The Morgan fingerprint density at radius 3 is 2.94 bits per heavy atom. The molecule has 1 aliphatic rings. The highest BCUT2D eigenvalue weighted by atomic mass is 16.5. The van der Waals surface area contributed by atoms with Gasteiger partial charge in [0.1, 0.15) is 0 Å². The van der Waals surface area contributed by atoms with Crippen molar-refractivity contribution in [3.8, 4) is 0 Å². The van der Waals surface area contributed by atoms with Crippen LogP contribution in [0.5, 0.6) is 0 Å². The SMILES string of the molecule is COC(=O)C(C)=CCOCC1CCCCO1. The second-order valence-corrected chi connectivity index (χ2v) is 3.90.